The summed E-state index contributed by atoms with van der Waals surface area (Å²) in [5, 5.41) is 18.7. The number of hydrogen-bond donors (Lipinski definition) is 2. The van der Waals surface area contributed by atoms with E-state index in [1.54, 1.807) is 0 Å². The van der Waals surface area contributed by atoms with Crippen LogP contribution >= 0.6 is 0 Å². The molecule has 1 rings (SSSR count). The second-order valence-electron chi connectivity index (χ2n) is 4.64. The van der Waals surface area contributed by atoms with Crippen molar-refractivity contribution >= 4 is 0 Å². The Balaban J connectivity index is 2.46. The van der Waals surface area contributed by atoms with Crippen LogP contribution in [0.5, 0.6) is 0 Å². The molecule has 3 unspecified atom stereocenters. The minimum atomic E-state index is -0.417. The van der Waals surface area contributed by atoms with Crippen molar-refractivity contribution in [3.8, 4) is 0 Å². The first kappa shape index (κ1) is 11.0. The minimum Gasteiger partial charge on any atom is -0.396 e. The number of hydrogen-bond acceptors (Lipinski definition) is 3. The van der Waals surface area contributed by atoms with Crippen LogP contribution in [0.4, 0.5) is 0 Å². The quantitative estimate of drug-likeness (QED) is 0.688. The summed E-state index contributed by atoms with van der Waals surface area (Å²) in [5.41, 5.74) is -0.417. The standard InChI is InChI=1S/C10H20O3/c1-7(5-11)4-8-6-13-10(2,3)9(8)12/h7-9,11-12H,4-6H2,1-3H3. The van der Waals surface area contributed by atoms with Gasteiger partial charge in [0, 0.05) is 12.5 Å². The largest absolute Gasteiger partial charge is 0.396 e. The van der Waals surface area contributed by atoms with Crippen LogP contribution in [-0.4, -0.2) is 35.1 Å². The lowest BCUT2D eigenvalue weighted by molar-refractivity contribution is -0.0319. The van der Waals surface area contributed by atoms with Crippen LogP contribution in [0, 0.1) is 11.8 Å². The normalized spacial score (nSPS) is 34.8. The van der Waals surface area contributed by atoms with E-state index in [2.05, 4.69) is 0 Å². The molecule has 1 fully saturated rings. The van der Waals surface area contributed by atoms with Crippen LogP contribution in [0.3, 0.4) is 0 Å². The molecule has 0 bridgehead atoms. The highest BCUT2D eigenvalue weighted by molar-refractivity contribution is 4.91. The molecule has 13 heavy (non-hydrogen) atoms. The monoisotopic (exact) mass is 188 g/mol. The van der Waals surface area contributed by atoms with Crippen LogP contribution in [0.2, 0.25) is 0 Å². The highest BCUT2D eigenvalue weighted by Gasteiger charge is 2.42. The zero-order valence-corrected chi connectivity index (χ0v) is 8.66. The maximum absolute atomic E-state index is 9.85. The topological polar surface area (TPSA) is 49.7 Å². The first-order valence-electron chi connectivity index (χ1n) is 4.90. The second kappa shape index (κ2) is 3.95. The Morgan fingerprint density at radius 1 is 1.54 bits per heavy atom. The van der Waals surface area contributed by atoms with Gasteiger partial charge in [0.05, 0.1) is 18.3 Å². The number of aliphatic hydroxyl groups excluding tert-OH is 2. The molecule has 1 aliphatic rings. The Kier molecular flexibility index (Phi) is 3.33. The molecule has 0 aliphatic carbocycles. The van der Waals surface area contributed by atoms with Crippen molar-refractivity contribution in [2.75, 3.05) is 13.2 Å². The molecular formula is C10H20O3. The fourth-order valence-corrected chi connectivity index (χ4v) is 1.85. The first-order chi connectivity index (χ1) is 5.97. The van der Waals surface area contributed by atoms with E-state index in [9.17, 15) is 5.11 Å². The van der Waals surface area contributed by atoms with Crippen LogP contribution in [0.15, 0.2) is 0 Å². The SMILES string of the molecule is CC(CO)CC1COC(C)(C)C1O. The van der Waals surface area contributed by atoms with Crippen LogP contribution in [0.25, 0.3) is 0 Å². The molecule has 1 saturated heterocycles. The summed E-state index contributed by atoms with van der Waals surface area (Å²) in [6, 6.07) is 0. The van der Waals surface area contributed by atoms with Gasteiger partial charge in [-0.2, -0.15) is 0 Å². The Morgan fingerprint density at radius 3 is 2.54 bits per heavy atom. The molecule has 78 valence electrons. The zero-order chi connectivity index (χ0) is 10.1. The maximum atomic E-state index is 9.85. The third-order valence-corrected chi connectivity index (χ3v) is 2.85. The first-order valence-corrected chi connectivity index (χ1v) is 4.90. The molecule has 2 N–H and O–H groups in total. The Hall–Kier alpha value is -0.120. The molecule has 1 aliphatic heterocycles. The third-order valence-electron chi connectivity index (χ3n) is 2.85. The van der Waals surface area contributed by atoms with E-state index >= 15 is 0 Å². The van der Waals surface area contributed by atoms with Crippen LogP contribution < -0.4 is 0 Å². The second-order valence-corrected chi connectivity index (χ2v) is 4.64. The number of rotatable bonds is 3. The van der Waals surface area contributed by atoms with Gasteiger partial charge in [-0.05, 0) is 26.2 Å². The maximum Gasteiger partial charge on any atom is 0.0888 e. The highest BCUT2D eigenvalue weighted by atomic mass is 16.5. The molecule has 0 saturated carbocycles. The molecular weight excluding hydrogens is 168 g/mol. The lowest BCUT2D eigenvalue weighted by Crippen LogP contribution is -2.35. The van der Waals surface area contributed by atoms with Gasteiger partial charge in [0.25, 0.3) is 0 Å². The van der Waals surface area contributed by atoms with E-state index in [0.717, 1.165) is 6.42 Å². The van der Waals surface area contributed by atoms with Gasteiger partial charge in [0.1, 0.15) is 0 Å². The van der Waals surface area contributed by atoms with Gasteiger partial charge in [0.2, 0.25) is 0 Å². The molecule has 1 heterocycles. The van der Waals surface area contributed by atoms with Gasteiger partial charge in [-0.1, -0.05) is 6.92 Å². The minimum absolute atomic E-state index is 0.178. The molecule has 3 heteroatoms. The average molecular weight is 188 g/mol. The summed E-state index contributed by atoms with van der Waals surface area (Å²) in [5.74, 6) is 0.425. The van der Waals surface area contributed by atoms with E-state index in [1.165, 1.54) is 0 Å². The molecule has 0 radical (unpaired) electrons. The van der Waals surface area contributed by atoms with Gasteiger partial charge in [0.15, 0.2) is 0 Å². The van der Waals surface area contributed by atoms with Gasteiger partial charge in [-0.3, -0.25) is 0 Å². The van der Waals surface area contributed by atoms with E-state index in [1.807, 2.05) is 20.8 Å². The van der Waals surface area contributed by atoms with Crippen LogP contribution in [0.1, 0.15) is 27.2 Å². The van der Waals surface area contributed by atoms with Crippen molar-refractivity contribution in [3.63, 3.8) is 0 Å². The summed E-state index contributed by atoms with van der Waals surface area (Å²) >= 11 is 0. The fourth-order valence-electron chi connectivity index (χ4n) is 1.85. The smallest absolute Gasteiger partial charge is 0.0888 e. The molecule has 0 amide bonds. The number of ether oxygens (including phenoxy) is 1. The number of aliphatic hydroxyl groups is 2. The van der Waals surface area contributed by atoms with E-state index in [-0.39, 0.29) is 18.4 Å². The van der Waals surface area contributed by atoms with E-state index in [0.29, 0.717) is 6.61 Å². The summed E-state index contributed by atoms with van der Waals surface area (Å²) in [6.07, 6.45) is 0.433. The van der Waals surface area contributed by atoms with Crippen molar-refractivity contribution in [1.82, 2.24) is 0 Å². The van der Waals surface area contributed by atoms with Crippen molar-refractivity contribution < 1.29 is 14.9 Å². The van der Waals surface area contributed by atoms with Crippen molar-refractivity contribution in [3.05, 3.63) is 0 Å². The average Bonchev–Trinajstić information content (AvgIpc) is 2.32. The van der Waals surface area contributed by atoms with Gasteiger partial charge >= 0.3 is 0 Å². The Morgan fingerprint density at radius 2 is 2.15 bits per heavy atom. The Labute approximate surface area is 79.7 Å². The van der Waals surface area contributed by atoms with Gasteiger partial charge in [-0.15, -0.1) is 0 Å². The summed E-state index contributed by atoms with van der Waals surface area (Å²) in [6.45, 7) is 6.59. The van der Waals surface area contributed by atoms with Gasteiger partial charge in [-0.25, -0.2) is 0 Å². The van der Waals surface area contributed by atoms with Crippen molar-refractivity contribution in [2.24, 2.45) is 11.8 Å². The summed E-state index contributed by atoms with van der Waals surface area (Å²) in [4.78, 5) is 0. The predicted molar refractivity (Wildman–Crippen MR) is 50.4 cm³/mol. The van der Waals surface area contributed by atoms with E-state index < -0.39 is 11.7 Å². The molecule has 3 atom stereocenters. The molecule has 0 aromatic rings. The Bertz CT molecular complexity index is 168. The molecule has 3 nitrogen and oxygen atoms in total. The molecule has 0 spiro atoms. The van der Waals surface area contributed by atoms with Crippen molar-refractivity contribution in [2.45, 2.75) is 38.9 Å². The molecule has 0 aromatic carbocycles. The van der Waals surface area contributed by atoms with Crippen molar-refractivity contribution in [1.29, 1.82) is 0 Å². The predicted octanol–water partition coefficient (Wildman–Crippen LogP) is 0.791. The summed E-state index contributed by atoms with van der Waals surface area (Å²) in [7, 11) is 0. The van der Waals surface area contributed by atoms with Gasteiger partial charge < -0.3 is 14.9 Å². The highest BCUT2D eigenvalue weighted by Crippen LogP contribution is 2.33. The zero-order valence-electron chi connectivity index (χ0n) is 8.66. The lowest BCUT2D eigenvalue weighted by atomic mass is 9.87. The fraction of sp³-hybridized carbons (Fsp3) is 1.00. The summed E-state index contributed by atoms with van der Waals surface area (Å²) < 4.78 is 5.48. The van der Waals surface area contributed by atoms with E-state index in [4.69, 9.17) is 9.84 Å². The third kappa shape index (κ3) is 2.42. The molecule has 0 aromatic heterocycles. The lowest BCUT2D eigenvalue weighted by Gasteiger charge is -2.24. The van der Waals surface area contributed by atoms with Crippen LogP contribution in [-0.2, 0) is 4.74 Å².